The minimum Gasteiger partial charge on any atom is -0.485 e. The summed E-state index contributed by atoms with van der Waals surface area (Å²) in [4.78, 5) is 12.4. The lowest BCUT2D eigenvalue weighted by Crippen LogP contribution is -2.18. The van der Waals surface area contributed by atoms with E-state index < -0.39 is 0 Å². The van der Waals surface area contributed by atoms with Gasteiger partial charge in [0.2, 0.25) is 11.1 Å². The van der Waals surface area contributed by atoms with E-state index in [-0.39, 0.29) is 18.3 Å². The highest BCUT2D eigenvalue weighted by Crippen LogP contribution is 2.28. The van der Waals surface area contributed by atoms with E-state index >= 15 is 0 Å². The molecular formula is C21H29N7O2S. The highest BCUT2D eigenvalue weighted by Gasteiger charge is 2.16. The summed E-state index contributed by atoms with van der Waals surface area (Å²) < 4.78 is 9.09. The number of amides is 1. The van der Waals surface area contributed by atoms with Gasteiger partial charge in [0.25, 0.3) is 0 Å². The molecule has 166 valence electrons. The van der Waals surface area contributed by atoms with Crippen LogP contribution in [0.4, 0.5) is 5.69 Å². The fourth-order valence-electron chi connectivity index (χ4n) is 3.15. The number of ether oxygens (including phenoxy) is 1. The molecule has 0 spiro atoms. The second-order valence-corrected chi connectivity index (χ2v) is 8.70. The van der Waals surface area contributed by atoms with Crippen molar-refractivity contribution in [2.45, 2.75) is 52.3 Å². The SMILES string of the molecule is Cc1ccc(C(C)C)c(OCc2nnc(SCC(=O)Nc3c(C)nn(C)c3C)n2N)c1. The minimum absolute atomic E-state index is 0.152. The van der Waals surface area contributed by atoms with Crippen LogP contribution < -0.4 is 15.9 Å². The van der Waals surface area contributed by atoms with Crippen LogP contribution in [0, 0.1) is 20.8 Å². The fraction of sp³-hybridized carbons (Fsp3) is 0.429. The molecule has 0 unspecified atom stereocenters. The van der Waals surface area contributed by atoms with Gasteiger partial charge in [0, 0.05) is 7.05 Å². The van der Waals surface area contributed by atoms with Crippen molar-refractivity contribution >= 4 is 23.4 Å². The number of anilines is 1. The van der Waals surface area contributed by atoms with Gasteiger partial charge >= 0.3 is 0 Å². The molecule has 0 aliphatic carbocycles. The van der Waals surface area contributed by atoms with Gasteiger partial charge in [-0.3, -0.25) is 9.48 Å². The molecule has 3 N–H and O–H groups in total. The third kappa shape index (κ3) is 5.19. The Morgan fingerprint density at radius 1 is 1.26 bits per heavy atom. The number of carbonyl (C=O) groups is 1. The number of aromatic nitrogens is 5. The van der Waals surface area contributed by atoms with E-state index in [4.69, 9.17) is 10.6 Å². The summed E-state index contributed by atoms with van der Waals surface area (Å²) in [6.07, 6.45) is 0. The Morgan fingerprint density at radius 3 is 2.65 bits per heavy atom. The number of nitrogens with two attached hydrogens (primary N) is 1. The van der Waals surface area contributed by atoms with E-state index in [0.717, 1.165) is 34.0 Å². The Labute approximate surface area is 186 Å². The highest BCUT2D eigenvalue weighted by molar-refractivity contribution is 7.99. The van der Waals surface area contributed by atoms with Crippen molar-refractivity contribution in [2.24, 2.45) is 7.05 Å². The zero-order valence-electron chi connectivity index (χ0n) is 18.8. The Hall–Kier alpha value is -3.01. The summed E-state index contributed by atoms with van der Waals surface area (Å²) in [5, 5.41) is 15.9. The standard InChI is InChI=1S/C21H29N7O2S/c1-12(2)16-8-7-13(3)9-17(16)30-10-18-24-25-21(28(18)22)31-11-19(29)23-20-14(4)26-27(6)15(20)5/h7-9,12H,10-11,22H2,1-6H3,(H,23,29). The molecule has 9 nitrogen and oxygen atoms in total. The third-order valence-electron chi connectivity index (χ3n) is 4.99. The van der Waals surface area contributed by atoms with Gasteiger partial charge < -0.3 is 15.9 Å². The van der Waals surface area contributed by atoms with Gasteiger partial charge in [-0.2, -0.15) is 5.10 Å². The van der Waals surface area contributed by atoms with Gasteiger partial charge in [-0.25, -0.2) is 4.68 Å². The maximum atomic E-state index is 12.4. The Balaban J connectivity index is 1.60. The van der Waals surface area contributed by atoms with E-state index in [1.165, 1.54) is 16.4 Å². The van der Waals surface area contributed by atoms with Crippen LogP contribution in [-0.4, -0.2) is 36.3 Å². The highest BCUT2D eigenvalue weighted by atomic mass is 32.2. The lowest BCUT2D eigenvalue weighted by molar-refractivity contribution is -0.113. The monoisotopic (exact) mass is 443 g/mol. The number of hydrogen-bond donors (Lipinski definition) is 2. The Morgan fingerprint density at radius 2 is 2.00 bits per heavy atom. The van der Waals surface area contributed by atoms with Crippen LogP contribution in [0.3, 0.4) is 0 Å². The van der Waals surface area contributed by atoms with Gasteiger partial charge in [-0.05, 0) is 43.9 Å². The first-order valence-electron chi connectivity index (χ1n) is 10.0. The molecule has 10 heteroatoms. The van der Waals surface area contributed by atoms with E-state index in [1.807, 2.05) is 33.9 Å². The normalized spacial score (nSPS) is 11.2. The van der Waals surface area contributed by atoms with Crippen molar-refractivity contribution in [1.82, 2.24) is 24.7 Å². The van der Waals surface area contributed by atoms with Gasteiger partial charge in [-0.1, -0.05) is 37.7 Å². The second-order valence-electron chi connectivity index (χ2n) is 7.76. The zero-order valence-corrected chi connectivity index (χ0v) is 19.6. The lowest BCUT2D eigenvalue weighted by Gasteiger charge is -2.14. The number of nitrogens with zero attached hydrogens (tertiary/aromatic N) is 5. The maximum absolute atomic E-state index is 12.4. The number of nitrogen functional groups attached to an aromatic ring is 1. The average Bonchev–Trinajstić information content (AvgIpc) is 3.18. The van der Waals surface area contributed by atoms with Gasteiger partial charge in [0.1, 0.15) is 12.4 Å². The molecule has 31 heavy (non-hydrogen) atoms. The molecule has 2 aromatic heterocycles. The molecule has 0 radical (unpaired) electrons. The number of thioether (sulfide) groups is 1. The van der Waals surface area contributed by atoms with E-state index in [2.05, 4.69) is 46.6 Å². The van der Waals surface area contributed by atoms with Crippen molar-refractivity contribution in [1.29, 1.82) is 0 Å². The predicted octanol–water partition coefficient (Wildman–Crippen LogP) is 3.08. The molecule has 1 aromatic carbocycles. The fourth-order valence-corrected chi connectivity index (χ4v) is 3.83. The van der Waals surface area contributed by atoms with Crippen molar-refractivity contribution in [3.63, 3.8) is 0 Å². The predicted molar refractivity (Wildman–Crippen MR) is 122 cm³/mol. The van der Waals surface area contributed by atoms with Gasteiger partial charge in [0.15, 0.2) is 5.82 Å². The summed E-state index contributed by atoms with van der Waals surface area (Å²) in [6.45, 7) is 10.2. The second kappa shape index (κ2) is 9.42. The summed E-state index contributed by atoms with van der Waals surface area (Å²) >= 11 is 1.22. The quantitative estimate of drug-likeness (QED) is 0.406. The number of nitrogens with one attached hydrogen (secondary N) is 1. The molecule has 0 fully saturated rings. The number of aryl methyl sites for hydroxylation is 3. The number of hydrogen-bond acceptors (Lipinski definition) is 7. The summed E-state index contributed by atoms with van der Waals surface area (Å²) in [5.74, 6) is 7.76. The van der Waals surface area contributed by atoms with Gasteiger partial charge in [-0.15, -0.1) is 10.2 Å². The van der Waals surface area contributed by atoms with Crippen LogP contribution in [0.1, 0.15) is 48.1 Å². The number of benzene rings is 1. The van der Waals surface area contributed by atoms with Crippen LogP contribution in [0.25, 0.3) is 0 Å². The van der Waals surface area contributed by atoms with Crippen LogP contribution in [-0.2, 0) is 18.4 Å². The van der Waals surface area contributed by atoms with Crippen LogP contribution >= 0.6 is 11.8 Å². The summed E-state index contributed by atoms with van der Waals surface area (Å²) in [6, 6.07) is 6.16. The Bertz CT molecular complexity index is 1090. The first-order chi connectivity index (χ1) is 14.7. The molecule has 0 aliphatic heterocycles. The number of carbonyl (C=O) groups excluding carboxylic acids is 1. The molecule has 3 rings (SSSR count). The molecule has 0 bridgehead atoms. The molecule has 0 atom stereocenters. The minimum atomic E-state index is -0.161. The van der Waals surface area contributed by atoms with Crippen molar-refractivity contribution in [3.05, 3.63) is 46.5 Å². The summed E-state index contributed by atoms with van der Waals surface area (Å²) in [5.41, 5.74) is 4.65. The first-order valence-corrected chi connectivity index (χ1v) is 11.0. The first kappa shape index (κ1) is 22.7. The summed E-state index contributed by atoms with van der Waals surface area (Å²) in [7, 11) is 1.84. The van der Waals surface area contributed by atoms with Crippen LogP contribution in [0.5, 0.6) is 5.75 Å². The van der Waals surface area contributed by atoms with E-state index in [0.29, 0.717) is 16.9 Å². The molecular weight excluding hydrogens is 414 g/mol. The molecule has 0 aliphatic rings. The largest absolute Gasteiger partial charge is 0.485 e. The zero-order chi connectivity index (χ0) is 22.7. The van der Waals surface area contributed by atoms with Crippen molar-refractivity contribution in [2.75, 3.05) is 16.9 Å². The smallest absolute Gasteiger partial charge is 0.234 e. The van der Waals surface area contributed by atoms with E-state index in [1.54, 1.807) is 4.68 Å². The van der Waals surface area contributed by atoms with Crippen LogP contribution in [0.2, 0.25) is 0 Å². The van der Waals surface area contributed by atoms with Gasteiger partial charge in [0.05, 0.1) is 22.8 Å². The van der Waals surface area contributed by atoms with Crippen LogP contribution in [0.15, 0.2) is 23.4 Å². The molecule has 3 aromatic rings. The molecule has 0 saturated heterocycles. The van der Waals surface area contributed by atoms with E-state index in [9.17, 15) is 4.79 Å². The van der Waals surface area contributed by atoms with Crippen molar-refractivity contribution < 1.29 is 9.53 Å². The third-order valence-corrected chi connectivity index (χ3v) is 5.93. The molecule has 0 saturated carbocycles. The maximum Gasteiger partial charge on any atom is 0.234 e. The average molecular weight is 444 g/mol. The topological polar surface area (TPSA) is 113 Å². The lowest BCUT2D eigenvalue weighted by atomic mass is 10.0. The number of rotatable bonds is 8. The molecule has 1 amide bonds. The Kier molecular flexibility index (Phi) is 6.89. The molecule has 2 heterocycles. The van der Waals surface area contributed by atoms with Crippen molar-refractivity contribution in [3.8, 4) is 5.75 Å².